The molecule has 56 heavy (non-hydrogen) atoms. The van der Waals surface area contributed by atoms with E-state index in [1.165, 1.54) is 54.7 Å². The fourth-order valence-corrected chi connectivity index (χ4v) is 8.37. The van der Waals surface area contributed by atoms with E-state index in [4.69, 9.17) is 9.98 Å². The van der Waals surface area contributed by atoms with Crippen molar-refractivity contribution in [3.63, 3.8) is 0 Å². The van der Waals surface area contributed by atoms with Crippen molar-refractivity contribution in [2.45, 2.75) is 6.17 Å². The van der Waals surface area contributed by atoms with E-state index in [1.54, 1.807) is 0 Å². The van der Waals surface area contributed by atoms with Gasteiger partial charge in [0.15, 0.2) is 6.17 Å². The molecule has 0 aliphatic carbocycles. The maximum atomic E-state index is 5.21. The molecular formula is C51H35N5. The lowest BCUT2D eigenvalue weighted by Crippen LogP contribution is -2.36. The molecule has 5 nitrogen and oxygen atoms in total. The first-order valence-electron chi connectivity index (χ1n) is 19.0. The predicted octanol–water partition coefficient (Wildman–Crippen LogP) is 12.0. The summed E-state index contributed by atoms with van der Waals surface area (Å²) in [7, 11) is 0. The van der Waals surface area contributed by atoms with Gasteiger partial charge in [-0.2, -0.15) is 0 Å². The Hall–Kier alpha value is -7.50. The van der Waals surface area contributed by atoms with Crippen LogP contribution in [0, 0.1) is 0 Å². The van der Waals surface area contributed by atoms with E-state index in [0.717, 1.165) is 39.7 Å². The van der Waals surface area contributed by atoms with Crippen molar-refractivity contribution in [2.75, 3.05) is 0 Å². The summed E-state index contributed by atoms with van der Waals surface area (Å²) < 4.78 is 4.82. The Balaban J connectivity index is 1.05. The van der Waals surface area contributed by atoms with E-state index in [1.807, 2.05) is 24.3 Å². The number of rotatable bonds is 6. The molecule has 5 heteroatoms. The van der Waals surface area contributed by atoms with E-state index in [9.17, 15) is 0 Å². The number of amidine groups is 2. The van der Waals surface area contributed by atoms with Crippen LogP contribution in [0.5, 0.6) is 0 Å². The van der Waals surface area contributed by atoms with Gasteiger partial charge in [0.1, 0.15) is 11.7 Å². The molecule has 264 valence electrons. The van der Waals surface area contributed by atoms with Crippen LogP contribution < -0.4 is 5.32 Å². The Morgan fingerprint density at radius 1 is 0.357 bits per heavy atom. The van der Waals surface area contributed by atoms with Gasteiger partial charge in [-0.1, -0.05) is 158 Å². The van der Waals surface area contributed by atoms with Gasteiger partial charge in [-0.15, -0.1) is 0 Å². The number of para-hydroxylation sites is 3. The van der Waals surface area contributed by atoms with Crippen LogP contribution in [0.15, 0.2) is 210 Å². The van der Waals surface area contributed by atoms with Crippen molar-refractivity contribution >= 4 is 55.3 Å². The highest BCUT2D eigenvalue weighted by Gasteiger charge is 2.23. The van der Waals surface area contributed by atoms with Crippen LogP contribution in [-0.4, -0.2) is 20.8 Å². The fraction of sp³-hybridized carbons (Fsp3) is 0.0196. The van der Waals surface area contributed by atoms with E-state index in [2.05, 4.69) is 190 Å². The minimum atomic E-state index is -0.419. The Kier molecular flexibility index (Phi) is 7.49. The number of hydrogen-bond acceptors (Lipinski definition) is 3. The lowest BCUT2D eigenvalue weighted by atomic mass is 10.0. The molecule has 0 saturated heterocycles. The predicted molar refractivity (Wildman–Crippen MR) is 232 cm³/mol. The summed E-state index contributed by atoms with van der Waals surface area (Å²) in [6.45, 7) is 0. The first-order valence-corrected chi connectivity index (χ1v) is 19.0. The van der Waals surface area contributed by atoms with Gasteiger partial charge in [-0.05, 0) is 59.2 Å². The molecule has 1 N–H and O–H groups in total. The molecule has 8 aromatic carbocycles. The number of aromatic nitrogens is 2. The van der Waals surface area contributed by atoms with Gasteiger partial charge in [0, 0.05) is 44.0 Å². The second-order valence-corrected chi connectivity index (χ2v) is 14.3. The molecule has 0 amide bonds. The van der Waals surface area contributed by atoms with Gasteiger partial charge in [0.05, 0.1) is 22.1 Å². The van der Waals surface area contributed by atoms with Crippen LogP contribution in [0.3, 0.4) is 0 Å². The minimum absolute atomic E-state index is 0.419. The molecule has 0 radical (unpaired) electrons. The summed E-state index contributed by atoms with van der Waals surface area (Å²) >= 11 is 0. The molecule has 3 heterocycles. The zero-order chi connectivity index (χ0) is 37.0. The highest BCUT2D eigenvalue weighted by atomic mass is 15.2. The van der Waals surface area contributed by atoms with E-state index in [-0.39, 0.29) is 0 Å². The summed E-state index contributed by atoms with van der Waals surface area (Å²) in [5.74, 6) is 1.60. The third-order valence-electron chi connectivity index (χ3n) is 11.0. The van der Waals surface area contributed by atoms with Crippen LogP contribution in [0.25, 0.3) is 66.1 Å². The maximum Gasteiger partial charge on any atom is 0.169 e. The Morgan fingerprint density at radius 3 is 1.54 bits per heavy atom. The summed E-state index contributed by atoms with van der Waals surface area (Å²) in [5, 5.41) is 8.49. The normalized spacial score (nSPS) is 14.2. The molecule has 10 aromatic rings. The minimum Gasteiger partial charge on any atom is -0.324 e. The molecule has 0 saturated carbocycles. The number of hydrogen-bond donors (Lipinski definition) is 1. The van der Waals surface area contributed by atoms with Crippen LogP contribution in [0.1, 0.15) is 22.9 Å². The summed E-state index contributed by atoms with van der Waals surface area (Å²) in [5.41, 5.74) is 12.4. The molecule has 1 unspecified atom stereocenters. The number of nitrogens with one attached hydrogen (secondary N) is 1. The largest absolute Gasteiger partial charge is 0.324 e. The van der Waals surface area contributed by atoms with Gasteiger partial charge < -0.3 is 14.5 Å². The molecule has 2 aromatic heterocycles. The molecule has 0 spiro atoms. The van der Waals surface area contributed by atoms with Crippen LogP contribution in [0.2, 0.25) is 0 Å². The monoisotopic (exact) mass is 717 g/mol. The first kappa shape index (κ1) is 32.0. The molecule has 11 rings (SSSR count). The van der Waals surface area contributed by atoms with E-state index >= 15 is 0 Å². The van der Waals surface area contributed by atoms with E-state index in [0.29, 0.717) is 0 Å². The second kappa shape index (κ2) is 13.1. The Morgan fingerprint density at radius 2 is 0.857 bits per heavy atom. The smallest absolute Gasteiger partial charge is 0.169 e. The van der Waals surface area contributed by atoms with Crippen molar-refractivity contribution in [3.05, 3.63) is 217 Å². The average Bonchev–Trinajstić information content (AvgIpc) is 3.80. The van der Waals surface area contributed by atoms with Crippen molar-refractivity contribution < 1.29 is 0 Å². The van der Waals surface area contributed by atoms with Crippen molar-refractivity contribution in [2.24, 2.45) is 9.98 Å². The molecule has 0 fully saturated rings. The summed E-state index contributed by atoms with van der Waals surface area (Å²) in [6, 6.07) is 70.9. The van der Waals surface area contributed by atoms with Crippen LogP contribution in [0.4, 0.5) is 0 Å². The third-order valence-corrected chi connectivity index (χ3v) is 11.0. The SMILES string of the molecule is c1ccc(C2=NC(c3ccc(-n4c5ccccc5c5ccc6c(c7ccccc7n6-c6ccccc6)c54)cc3)N=C(c3ccc(-c4ccccc4)cc3)N2)cc1. The standard InChI is InChI=1S/C51H35N5/c1-4-14-34(15-5-1)35-24-26-37(27-25-35)50-52-49(36-16-6-2-7-17-36)53-51(54-50)38-28-30-40(31-29-38)56-44-22-12-10-20-41(44)42-32-33-46-47(48(42)56)43-21-11-13-23-45(43)55(46)39-18-8-3-9-19-39/h1-33,51H,(H,52,53,54). The third kappa shape index (κ3) is 5.24. The number of nitrogens with zero attached hydrogens (tertiary/aromatic N) is 4. The van der Waals surface area contributed by atoms with Crippen LogP contribution >= 0.6 is 0 Å². The Bertz CT molecular complexity index is 3120. The van der Waals surface area contributed by atoms with Gasteiger partial charge >= 0.3 is 0 Å². The number of benzene rings is 8. The van der Waals surface area contributed by atoms with Crippen molar-refractivity contribution in [1.82, 2.24) is 14.5 Å². The van der Waals surface area contributed by atoms with Gasteiger partial charge in [-0.3, -0.25) is 0 Å². The van der Waals surface area contributed by atoms with Crippen LogP contribution in [-0.2, 0) is 0 Å². The highest BCUT2D eigenvalue weighted by molar-refractivity contribution is 6.26. The zero-order valence-electron chi connectivity index (χ0n) is 30.4. The molecule has 1 aliphatic rings. The maximum absolute atomic E-state index is 5.21. The summed E-state index contributed by atoms with van der Waals surface area (Å²) in [4.78, 5) is 10.4. The van der Waals surface area contributed by atoms with Gasteiger partial charge in [0.2, 0.25) is 0 Å². The quantitative estimate of drug-likeness (QED) is 0.183. The number of fused-ring (bicyclic) bond motifs is 7. The second-order valence-electron chi connectivity index (χ2n) is 14.3. The molecule has 0 bridgehead atoms. The lowest BCUT2D eigenvalue weighted by Gasteiger charge is -2.22. The Labute approximate surface area is 324 Å². The molecular weight excluding hydrogens is 683 g/mol. The highest BCUT2D eigenvalue weighted by Crippen LogP contribution is 2.42. The average molecular weight is 718 g/mol. The van der Waals surface area contributed by atoms with E-state index < -0.39 is 6.17 Å². The number of aliphatic imine (C=N–C) groups is 2. The first-order chi connectivity index (χ1) is 27.8. The fourth-order valence-electron chi connectivity index (χ4n) is 8.37. The molecule has 1 aliphatic heterocycles. The van der Waals surface area contributed by atoms with Gasteiger partial charge in [-0.25, -0.2) is 9.98 Å². The van der Waals surface area contributed by atoms with Crippen molar-refractivity contribution in [3.8, 4) is 22.5 Å². The molecule has 1 atom stereocenters. The van der Waals surface area contributed by atoms with Gasteiger partial charge in [0.25, 0.3) is 0 Å². The zero-order valence-corrected chi connectivity index (χ0v) is 30.4. The topological polar surface area (TPSA) is 46.6 Å². The lowest BCUT2D eigenvalue weighted by molar-refractivity contribution is 0.755. The van der Waals surface area contributed by atoms with Crippen molar-refractivity contribution in [1.29, 1.82) is 0 Å². The summed E-state index contributed by atoms with van der Waals surface area (Å²) in [6.07, 6.45) is -0.419.